The zero-order valence-electron chi connectivity index (χ0n) is 16.8. The first-order valence-corrected chi connectivity index (χ1v) is 10.3. The van der Waals surface area contributed by atoms with Gasteiger partial charge in [-0.3, -0.25) is 4.79 Å². The van der Waals surface area contributed by atoms with Crippen LogP contribution in [0.15, 0.2) is 45.8 Å². The van der Waals surface area contributed by atoms with Gasteiger partial charge in [-0.25, -0.2) is 9.18 Å². The Hall–Kier alpha value is -2.35. The molecule has 1 aliphatic rings. The number of halogens is 2. The molecule has 2 aromatic rings. The van der Waals surface area contributed by atoms with E-state index in [9.17, 15) is 14.0 Å². The van der Waals surface area contributed by atoms with E-state index in [1.54, 1.807) is 27.8 Å². The minimum atomic E-state index is -0.524. The van der Waals surface area contributed by atoms with Crippen molar-refractivity contribution in [1.29, 1.82) is 0 Å². The Morgan fingerprint density at radius 3 is 2.48 bits per heavy atom. The summed E-state index contributed by atoms with van der Waals surface area (Å²) in [6.07, 6.45) is 1.40. The summed E-state index contributed by atoms with van der Waals surface area (Å²) in [6.45, 7) is 8.07. The first-order valence-electron chi connectivity index (χ1n) is 9.50. The van der Waals surface area contributed by atoms with Crippen molar-refractivity contribution in [2.75, 3.05) is 31.1 Å². The number of nitrogens with zero attached hydrogens (tertiary/aromatic N) is 3. The van der Waals surface area contributed by atoms with Gasteiger partial charge in [-0.15, -0.1) is 0 Å². The number of carbonyl (C=O) groups excluding carboxylic acids is 1. The number of anilines is 1. The molecular formula is C21H25BrFN3O3. The van der Waals surface area contributed by atoms with E-state index >= 15 is 0 Å². The Bertz CT molecular complexity index is 947. The van der Waals surface area contributed by atoms with Gasteiger partial charge in [-0.1, -0.05) is 12.1 Å². The fraction of sp³-hybridized carbons (Fsp3) is 0.429. The predicted molar refractivity (Wildman–Crippen MR) is 114 cm³/mol. The van der Waals surface area contributed by atoms with Gasteiger partial charge in [0.05, 0.1) is 12.2 Å². The summed E-state index contributed by atoms with van der Waals surface area (Å²) in [5.41, 5.74) is 0.803. The highest BCUT2D eigenvalue weighted by atomic mass is 79.9. The van der Waals surface area contributed by atoms with Crippen LogP contribution in [0.1, 0.15) is 26.3 Å². The number of hydrogen-bond acceptors (Lipinski definition) is 4. The molecule has 1 amide bonds. The molecule has 1 fully saturated rings. The van der Waals surface area contributed by atoms with E-state index in [0.717, 1.165) is 11.3 Å². The highest BCUT2D eigenvalue weighted by Crippen LogP contribution is 2.24. The molecule has 2 heterocycles. The summed E-state index contributed by atoms with van der Waals surface area (Å²) < 4.78 is 20.8. The Balaban J connectivity index is 1.69. The topological polar surface area (TPSA) is 54.8 Å². The normalized spacial score (nSPS) is 14.8. The first kappa shape index (κ1) is 21.4. The predicted octanol–water partition coefficient (Wildman–Crippen LogP) is 3.86. The van der Waals surface area contributed by atoms with Crippen molar-refractivity contribution >= 4 is 27.7 Å². The molecular weight excluding hydrogens is 441 g/mol. The minimum absolute atomic E-state index is 0.179. The maximum atomic E-state index is 13.4. The fourth-order valence-electron chi connectivity index (χ4n) is 3.19. The van der Waals surface area contributed by atoms with Crippen molar-refractivity contribution in [3.63, 3.8) is 0 Å². The van der Waals surface area contributed by atoms with Gasteiger partial charge in [-0.05, 0) is 60.5 Å². The summed E-state index contributed by atoms with van der Waals surface area (Å²) in [5, 5.41) is 0. The molecule has 1 aromatic carbocycles. The molecule has 0 spiro atoms. The largest absolute Gasteiger partial charge is 0.444 e. The lowest BCUT2D eigenvalue weighted by Crippen LogP contribution is -2.50. The molecule has 1 saturated heterocycles. The van der Waals surface area contributed by atoms with Crippen molar-refractivity contribution < 1.29 is 13.9 Å². The highest BCUT2D eigenvalue weighted by molar-refractivity contribution is 9.10. The van der Waals surface area contributed by atoms with Gasteiger partial charge in [0.2, 0.25) is 0 Å². The molecule has 156 valence electrons. The molecule has 0 N–H and O–H groups in total. The van der Waals surface area contributed by atoms with E-state index in [4.69, 9.17) is 4.74 Å². The van der Waals surface area contributed by atoms with Crippen LogP contribution in [0.5, 0.6) is 0 Å². The van der Waals surface area contributed by atoms with Gasteiger partial charge >= 0.3 is 6.09 Å². The molecule has 6 nitrogen and oxygen atoms in total. The Labute approximate surface area is 178 Å². The van der Waals surface area contributed by atoms with Crippen LogP contribution in [0.4, 0.5) is 14.9 Å². The van der Waals surface area contributed by atoms with E-state index in [0.29, 0.717) is 37.2 Å². The van der Waals surface area contributed by atoms with Gasteiger partial charge in [0.1, 0.15) is 15.9 Å². The summed E-state index contributed by atoms with van der Waals surface area (Å²) in [5.74, 6) is -0.325. The molecule has 0 atom stereocenters. The molecule has 0 bridgehead atoms. The number of ether oxygens (including phenoxy) is 1. The quantitative estimate of drug-likeness (QED) is 0.690. The zero-order valence-corrected chi connectivity index (χ0v) is 18.4. The third kappa shape index (κ3) is 5.38. The summed E-state index contributed by atoms with van der Waals surface area (Å²) in [6, 6.07) is 8.08. The summed E-state index contributed by atoms with van der Waals surface area (Å²) in [4.78, 5) is 28.7. The highest BCUT2D eigenvalue weighted by Gasteiger charge is 2.27. The standard InChI is InChI=1S/C21H25BrFN3O3/c1-21(2,3)29-20(28)25-11-9-24(10-12-25)17-7-8-26(19(27)18(17)22)14-15-5-4-6-16(23)13-15/h4-8,13H,9-12,14H2,1-3H3. The molecule has 0 aliphatic carbocycles. The summed E-state index contributed by atoms with van der Waals surface area (Å²) >= 11 is 3.42. The molecule has 0 radical (unpaired) electrons. The number of amides is 1. The van der Waals surface area contributed by atoms with Crippen LogP contribution in [0.2, 0.25) is 0 Å². The van der Waals surface area contributed by atoms with E-state index in [1.807, 2.05) is 26.8 Å². The lowest BCUT2D eigenvalue weighted by molar-refractivity contribution is 0.0240. The van der Waals surface area contributed by atoms with E-state index in [2.05, 4.69) is 20.8 Å². The smallest absolute Gasteiger partial charge is 0.410 e. The number of rotatable bonds is 3. The molecule has 1 aromatic heterocycles. The van der Waals surface area contributed by atoms with Gasteiger partial charge in [-0.2, -0.15) is 0 Å². The number of benzene rings is 1. The third-order valence-electron chi connectivity index (χ3n) is 4.60. The average Bonchev–Trinajstić information content (AvgIpc) is 2.64. The average molecular weight is 466 g/mol. The van der Waals surface area contributed by atoms with Crippen molar-refractivity contribution in [3.05, 3.63) is 62.7 Å². The zero-order chi connectivity index (χ0) is 21.2. The van der Waals surface area contributed by atoms with Crippen molar-refractivity contribution in [1.82, 2.24) is 9.47 Å². The lowest BCUT2D eigenvalue weighted by Gasteiger charge is -2.37. The van der Waals surface area contributed by atoms with Gasteiger partial charge in [0.15, 0.2) is 0 Å². The lowest BCUT2D eigenvalue weighted by atomic mass is 10.2. The second-order valence-electron chi connectivity index (χ2n) is 8.03. The number of hydrogen-bond donors (Lipinski definition) is 0. The maximum absolute atomic E-state index is 13.4. The summed E-state index contributed by atoms with van der Waals surface area (Å²) in [7, 11) is 0. The second-order valence-corrected chi connectivity index (χ2v) is 8.83. The van der Waals surface area contributed by atoms with Gasteiger partial charge in [0.25, 0.3) is 5.56 Å². The van der Waals surface area contributed by atoms with E-state index < -0.39 is 5.60 Å². The van der Waals surface area contributed by atoms with Crippen LogP contribution in [0, 0.1) is 5.82 Å². The first-order chi connectivity index (χ1) is 13.6. The van der Waals surface area contributed by atoms with Crippen LogP contribution in [0.3, 0.4) is 0 Å². The molecule has 0 saturated carbocycles. The number of carbonyl (C=O) groups is 1. The minimum Gasteiger partial charge on any atom is -0.444 e. The molecule has 3 rings (SSSR count). The molecule has 29 heavy (non-hydrogen) atoms. The molecule has 8 heteroatoms. The Kier molecular flexibility index (Phi) is 6.31. The molecule has 0 unspecified atom stereocenters. The van der Waals surface area contributed by atoms with Gasteiger partial charge in [0, 0.05) is 32.4 Å². The van der Waals surface area contributed by atoms with Crippen molar-refractivity contribution in [2.45, 2.75) is 32.9 Å². The van der Waals surface area contributed by atoms with Gasteiger partial charge < -0.3 is 19.1 Å². The molecule has 1 aliphatic heterocycles. The monoisotopic (exact) mass is 465 g/mol. The van der Waals surface area contributed by atoms with Crippen LogP contribution < -0.4 is 10.5 Å². The third-order valence-corrected chi connectivity index (χ3v) is 5.35. The van der Waals surface area contributed by atoms with E-state index in [1.165, 1.54) is 12.1 Å². The Morgan fingerprint density at radius 2 is 1.86 bits per heavy atom. The van der Waals surface area contributed by atoms with E-state index in [-0.39, 0.29) is 17.5 Å². The van der Waals surface area contributed by atoms with Crippen LogP contribution in [-0.2, 0) is 11.3 Å². The number of piperazine rings is 1. The fourth-order valence-corrected chi connectivity index (χ4v) is 3.80. The van der Waals surface area contributed by atoms with Crippen molar-refractivity contribution in [2.24, 2.45) is 0 Å². The maximum Gasteiger partial charge on any atom is 0.410 e. The van der Waals surface area contributed by atoms with Crippen LogP contribution in [-0.4, -0.2) is 47.3 Å². The van der Waals surface area contributed by atoms with Crippen LogP contribution in [0.25, 0.3) is 0 Å². The Morgan fingerprint density at radius 1 is 1.17 bits per heavy atom. The second kappa shape index (κ2) is 8.57. The van der Waals surface area contributed by atoms with Crippen molar-refractivity contribution in [3.8, 4) is 0 Å². The number of pyridine rings is 1. The van der Waals surface area contributed by atoms with Crippen LogP contribution >= 0.6 is 15.9 Å². The number of aromatic nitrogens is 1. The SMILES string of the molecule is CC(C)(C)OC(=O)N1CCN(c2ccn(Cc3cccc(F)c3)c(=O)c2Br)CC1.